The molecule has 0 radical (unpaired) electrons. The van der Waals surface area contributed by atoms with Gasteiger partial charge in [0.2, 0.25) is 0 Å². The molecule has 0 aliphatic carbocycles. The zero-order valence-corrected chi connectivity index (χ0v) is 20.3. The zero-order valence-electron chi connectivity index (χ0n) is 16.6. The van der Waals surface area contributed by atoms with Crippen LogP contribution in [0.5, 0.6) is 0 Å². The van der Waals surface area contributed by atoms with Gasteiger partial charge in [-0.15, -0.1) is 0 Å². The van der Waals surface area contributed by atoms with Crippen LogP contribution < -0.4 is 17.4 Å². The number of rotatable bonds is 8. The average Bonchev–Trinajstić information content (AvgIpc) is 2.81. The number of benzene rings is 4. The van der Waals surface area contributed by atoms with Gasteiger partial charge in [-0.3, -0.25) is 0 Å². The minimum atomic E-state index is -1.26. The molecule has 0 unspecified atom stereocenters. The molecule has 0 fully saturated rings. The summed E-state index contributed by atoms with van der Waals surface area (Å²) in [7, 11) is 0. The summed E-state index contributed by atoms with van der Waals surface area (Å²) in [5, 5.41) is 2.68. The van der Waals surface area contributed by atoms with E-state index in [1.165, 1.54) is 16.8 Å². The Labute approximate surface area is 184 Å². The van der Waals surface area contributed by atoms with Crippen molar-refractivity contribution >= 4 is 46.7 Å². The molecule has 4 rings (SSSR count). The van der Waals surface area contributed by atoms with Gasteiger partial charge in [0.05, 0.1) is 0 Å². The molecule has 2 heteroatoms. The summed E-state index contributed by atoms with van der Waals surface area (Å²) >= 11 is -2.51. The van der Waals surface area contributed by atoms with Crippen LogP contribution in [0.25, 0.3) is 0 Å². The molecule has 0 aromatic heterocycles. The van der Waals surface area contributed by atoms with Gasteiger partial charge in [0.15, 0.2) is 0 Å². The first-order valence-corrected chi connectivity index (χ1v) is 16.6. The van der Waals surface area contributed by atoms with Crippen molar-refractivity contribution in [3.05, 3.63) is 121 Å². The standard InChI is InChI=1S/C27H26As2/c1-5-14-24(15-6-1)28(25-16-7-2-8-17-25)22-13-23-29(26-18-9-3-10-19-26)27-20-11-4-12-21-27/h1-12,14-21H,13,22-23H2. The summed E-state index contributed by atoms with van der Waals surface area (Å²) in [6.07, 6.45) is 1.31. The van der Waals surface area contributed by atoms with E-state index in [0.717, 1.165) is 0 Å². The van der Waals surface area contributed by atoms with Crippen LogP contribution in [0.2, 0.25) is 10.4 Å². The van der Waals surface area contributed by atoms with E-state index in [1.54, 1.807) is 17.4 Å². The van der Waals surface area contributed by atoms with Crippen LogP contribution >= 0.6 is 0 Å². The van der Waals surface area contributed by atoms with Crippen LogP contribution in [-0.4, -0.2) is 29.3 Å². The van der Waals surface area contributed by atoms with Gasteiger partial charge in [0.25, 0.3) is 0 Å². The van der Waals surface area contributed by atoms with Gasteiger partial charge >= 0.3 is 185 Å². The molecular weight excluding hydrogens is 474 g/mol. The normalized spacial score (nSPS) is 11.1. The van der Waals surface area contributed by atoms with E-state index < -0.39 is 29.3 Å². The molecule has 0 nitrogen and oxygen atoms in total. The van der Waals surface area contributed by atoms with Crippen molar-refractivity contribution < 1.29 is 0 Å². The summed E-state index contributed by atoms with van der Waals surface area (Å²) < 4.78 is 6.30. The molecule has 0 amide bonds. The summed E-state index contributed by atoms with van der Waals surface area (Å²) in [6, 6.07) is 44.9. The Balaban J connectivity index is 1.53. The molecule has 0 saturated carbocycles. The predicted octanol–water partition coefficient (Wildman–Crippen LogP) is 3.99. The third kappa shape index (κ3) is 5.54. The third-order valence-electron chi connectivity index (χ3n) is 5.03. The van der Waals surface area contributed by atoms with E-state index in [0.29, 0.717) is 0 Å². The second kappa shape index (κ2) is 10.7. The van der Waals surface area contributed by atoms with Crippen LogP contribution in [0.1, 0.15) is 6.42 Å². The summed E-state index contributed by atoms with van der Waals surface area (Å²) in [4.78, 5) is 0. The van der Waals surface area contributed by atoms with Crippen LogP contribution in [0.15, 0.2) is 121 Å². The number of hydrogen-bond acceptors (Lipinski definition) is 0. The Bertz CT molecular complexity index is 808. The van der Waals surface area contributed by atoms with Gasteiger partial charge in [0, 0.05) is 0 Å². The van der Waals surface area contributed by atoms with Gasteiger partial charge < -0.3 is 0 Å². The third-order valence-corrected chi connectivity index (χ3v) is 16.0. The van der Waals surface area contributed by atoms with Gasteiger partial charge in [-0.2, -0.15) is 0 Å². The van der Waals surface area contributed by atoms with Crippen LogP contribution in [0, 0.1) is 0 Å². The van der Waals surface area contributed by atoms with Crippen molar-refractivity contribution in [2.75, 3.05) is 0 Å². The van der Waals surface area contributed by atoms with E-state index in [-0.39, 0.29) is 0 Å². The Hall–Kier alpha value is -2.00. The fraction of sp³-hybridized carbons (Fsp3) is 0.111. The van der Waals surface area contributed by atoms with Gasteiger partial charge in [0.1, 0.15) is 0 Å². The van der Waals surface area contributed by atoms with Crippen LogP contribution in [0.4, 0.5) is 0 Å². The topological polar surface area (TPSA) is 0 Å². The molecule has 0 heterocycles. The molecule has 0 saturated heterocycles. The first kappa shape index (κ1) is 20.3. The maximum atomic E-state index is 2.34. The first-order valence-electron chi connectivity index (χ1n) is 10.2. The van der Waals surface area contributed by atoms with E-state index in [9.17, 15) is 0 Å². The van der Waals surface area contributed by atoms with E-state index in [2.05, 4.69) is 121 Å². The van der Waals surface area contributed by atoms with Gasteiger partial charge in [-0.25, -0.2) is 0 Å². The molecule has 0 bridgehead atoms. The van der Waals surface area contributed by atoms with E-state index in [1.807, 2.05) is 0 Å². The molecule has 4 aromatic carbocycles. The monoisotopic (exact) mass is 500 g/mol. The van der Waals surface area contributed by atoms with Gasteiger partial charge in [-0.1, -0.05) is 0 Å². The number of hydrogen-bond donors (Lipinski definition) is 0. The second-order valence-corrected chi connectivity index (χ2v) is 16.8. The Morgan fingerprint density at radius 1 is 0.345 bits per heavy atom. The molecule has 0 atom stereocenters. The van der Waals surface area contributed by atoms with Crippen molar-refractivity contribution in [3.63, 3.8) is 0 Å². The Morgan fingerprint density at radius 3 is 0.828 bits per heavy atom. The van der Waals surface area contributed by atoms with Crippen molar-refractivity contribution in [1.29, 1.82) is 0 Å². The molecule has 0 aliphatic heterocycles. The minimum absolute atomic E-state index is 1.26. The van der Waals surface area contributed by atoms with Crippen molar-refractivity contribution in [3.8, 4) is 0 Å². The van der Waals surface area contributed by atoms with Crippen molar-refractivity contribution in [2.45, 2.75) is 16.8 Å². The molecule has 0 spiro atoms. The van der Waals surface area contributed by atoms with Gasteiger partial charge in [-0.05, 0) is 0 Å². The Morgan fingerprint density at radius 2 is 0.586 bits per heavy atom. The zero-order chi connectivity index (χ0) is 19.7. The predicted molar refractivity (Wildman–Crippen MR) is 130 cm³/mol. The van der Waals surface area contributed by atoms with E-state index in [4.69, 9.17) is 0 Å². The van der Waals surface area contributed by atoms with Crippen LogP contribution in [0.3, 0.4) is 0 Å². The summed E-state index contributed by atoms with van der Waals surface area (Å²) in [5.74, 6) is 0. The van der Waals surface area contributed by atoms with Crippen molar-refractivity contribution in [2.24, 2.45) is 0 Å². The molecular formula is C27H26As2. The average molecular weight is 500 g/mol. The van der Waals surface area contributed by atoms with Crippen molar-refractivity contribution in [1.82, 2.24) is 0 Å². The molecule has 29 heavy (non-hydrogen) atoms. The van der Waals surface area contributed by atoms with Crippen LogP contribution in [-0.2, 0) is 0 Å². The Kier molecular flexibility index (Phi) is 7.47. The first-order chi connectivity index (χ1) is 14.4. The summed E-state index contributed by atoms with van der Waals surface area (Å²) in [6.45, 7) is 0. The molecule has 0 N–H and O–H groups in total. The maximum absolute atomic E-state index is 2.34. The fourth-order valence-corrected chi connectivity index (χ4v) is 14.7. The fourth-order valence-electron chi connectivity index (χ4n) is 3.63. The molecule has 4 aromatic rings. The molecule has 0 aliphatic rings. The van der Waals surface area contributed by atoms with E-state index >= 15 is 0 Å². The summed E-state index contributed by atoms with van der Waals surface area (Å²) in [5.41, 5.74) is 0. The molecule has 144 valence electrons. The second-order valence-electron chi connectivity index (χ2n) is 7.00. The SMILES string of the molecule is c1ccc([As](CCC[As](c2ccccc2)c2ccccc2)c2ccccc2)cc1. The quantitative estimate of drug-likeness (QED) is 0.321.